The fourth-order valence-corrected chi connectivity index (χ4v) is 3.05. The van der Waals surface area contributed by atoms with Crippen LogP contribution in [-0.4, -0.2) is 39.2 Å². The third-order valence-corrected chi connectivity index (χ3v) is 3.68. The number of nitrogens with two attached hydrogens (primary N) is 1. The van der Waals surface area contributed by atoms with Crippen LogP contribution in [0.3, 0.4) is 0 Å². The van der Waals surface area contributed by atoms with Crippen molar-refractivity contribution in [2.75, 3.05) is 18.8 Å². The number of carbonyl (C=O) groups excluding carboxylic acids is 1. The van der Waals surface area contributed by atoms with Gasteiger partial charge in [-0.3, -0.25) is 4.79 Å². The number of hydrogen-bond acceptors (Lipinski definition) is 4. The lowest BCUT2D eigenvalue weighted by atomic mass is 9.95. The van der Waals surface area contributed by atoms with Crippen molar-refractivity contribution in [1.29, 1.82) is 0 Å². The summed E-state index contributed by atoms with van der Waals surface area (Å²) in [7, 11) is -3.51. The first-order chi connectivity index (χ1) is 6.47. The molecule has 2 rings (SSSR count). The molecule has 80 valence electrons. The van der Waals surface area contributed by atoms with Gasteiger partial charge in [-0.25, -0.2) is 13.6 Å². The van der Waals surface area contributed by atoms with Crippen LogP contribution in [-0.2, 0) is 14.8 Å². The Hall–Kier alpha value is -0.660. The van der Waals surface area contributed by atoms with E-state index >= 15 is 0 Å². The van der Waals surface area contributed by atoms with Crippen LogP contribution in [0.5, 0.6) is 0 Å². The van der Waals surface area contributed by atoms with Gasteiger partial charge in [0.2, 0.25) is 15.9 Å². The van der Waals surface area contributed by atoms with Crippen molar-refractivity contribution in [3.63, 3.8) is 0 Å². The molecule has 0 bridgehead atoms. The van der Waals surface area contributed by atoms with Gasteiger partial charge in [0.25, 0.3) is 0 Å². The molecule has 2 saturated heterocycles. The molecule has 3 atom stereocenters. The van der Waals surface area contributed by atoms with E-state index < -0.39 is 10.0 Å². The van der Waals surface area contributed by atoms with Gasteiger partial charge in [-0.2, -0.15) is 0 Å². The van der Waals surface area contributed by atoms with Gasteiger partial charge in [-0.1, -0.05) is 0 Å². The molecule has 0 saturated carbocycles. The van der Waals surface area contributed by atoms with E-state index in [9.17, 15) is 13.2 Å². The van der Waals surface area contributed by atoms with E-state index in [1.165, 1.54) is 0 Å². The number of fused-ring (bicyclic) bond motifs is 1. The Morgan fingerprint density at radius 1 is 1.43 bits per heavy atom. The Morgan fingerprint density at radius 3 is 2.79 bits per heavy atom. The van der Waals surface area contributed by atoms with Gasteiger partial charge in [0, 0.05) is 25.0 Å². The van der Waals surface area contributed by atoms with Crippen molar-refractivity contribution >= 4 is 15.9 Å². The number of nitrogens with one attached hydrogen (secondary N) is 2. The molecule has 0 aromatic heterocycles. The van der Waals surface area contributed by atoms with Crippen LogP contribution in [0.2, 0.25) is 0 Å². The molecule has 2 fully saturated rings. The highest BCUT2D eigenvalue weighted by atomic mass is 32.2. The predicted octanol–water partition coefficient (Wildman–Crippen LogP) is -2.39. The first-order valence-corrected chi connectivity index (χ1v) is 6.20. The zero-order chi connectivity index (χ0) is 10.3. The summed E-state index contributed by atoms with van der Waals surface area (Å²) in [4.78, 5) is 11.4. The molecule has 14 heavy (non-hydrogen) atoms. The Bertz CT molecular complexity index is 353. The highest BCUT2D eigenvalue weighted by Crippen LogP contribution is 2.27. The Balaban J connectivity index is 2.11. The molecule has 4 N–H and O–H groups in total. The van der Waals surface area contributed by atoms with Gasteiger partial charge >= 0.3 is 0 Å². The van der Waals surface area contributed by atoms with Crippen LogP contribution in [0.1, 0.15) is 0 Å². The van der Waals surface area contributed by atoms with E-state index in [0.717, 1.165) is 0 Å². The van der Waals surface area contributed by atoms with Gasteiger partial charge in [0.05, 0.1) is 11.7 Å². The molecular weight excluding hydrogens is 206 g/mol. The Labute approximate surface area is 82.3 Å². The predicted molar refractivity (Wildman–Crippen MR) is 49.8 cm³/mol. The second-order valence-corrected chi connectivity index (χ2v) is 5.53. The highest BCUT2D eigenvalue weighted by Gasteiger charge is 2.45. The van der Waals surface area contributed by atoms with E-state index in [-0.39, 0.29) is 29.5 Å². The molecule has 0 aromatic rings. The molecule has 6 nitrogen and oxygen atoms in total. The lowest BCUT2D eigenvalue weighted by Gasteiger charge is -2.14. The van der Waals surface area contributed by atoms with Crippen LogP contribution in [0.15, 0.2) is 0 Å². The number of sulfonamides is 1. The average Bonchev–Trinajstić information content (AvgIpc) is 2.54. The number of carbonyl (C=O) groups is 1. The summed E-state index contributed by atoms with van der Waals surface area (Å²) in [6.45, 7) is 1.32. The van der Waals surface area contributed by atoms with Crippen molar-refractivity contribution < 1.29 is 13.2 Å². The SMILES string of the molecule is NS(=O)(=O)C[C@H]1NC(=O)[C@@H]2CNC[C@H]12. The maximum atomic E-state index is 11.4. The summed E-state index contributed by atoms with van der Waals surface area (Å²) in [5, 5.41) is 10.7. The van der Waals surface area contributed by atoms with Crippen molar-refractivity contribution in [2.24, 2.45) is 17.0 Å². The minimum Gasteiger partial charge on any atom is -0.352 e. The van der Waals surface area contributed by atoms with Crippen LogP contribution >= 0.6 is 0 Å². The first kappa shape index (κ1) is 9.88. The minimum absolute atomic E-state index is 0.0614. The Kier molecular flexibility index (Phi) is 2.24. The fourth-order valence-electron chi connectivity index (χ4n) is 2.22. The second kappa shape index (κ2) is 3.18. The maximum Gasteiger partial charge on any atom is 0.225 e. The summed E-state index contributed by atoms with van der Waals surface area (Å²) < 4.78 is 21.8. The van der Waals surface area contributed by atoms with E-state index in [1.54, 1.807) is 0 Å². The largest absolute Gasteiger partial charge is 0.352 e. The van der Waals surface area contributed by atoms with Crippen LogP contribution in [0, 0.1) is 11.8 Å². The van der Waals surface area contributed by atoms with Crippen LogP contribution < -0.4 is 15.8 Å². The molecule has 0 radical (unpaired) electrons. The van der Waals surface area contributed by atoms with Gasteiger partial charge < -0.3 is 10.6 Å². The molecule has 0 unspecified atom stereocenters. The number of amides is 1. The number of primary sulfonamides is 1. The van der Waals surface area contributed by atoms with Crippen molar-refractivity contribution in [2.45, 2.75) is 6.04 Å². The van der Waals surface area contributed by atoms with Crippen molar-refractivity contribution in [3.05, 3.63) is 0 Å². The zero-order valence-corrected chi connectivity index (χ0v) is 8.38. The van der Waals surface area contributed by atoms with Gasteiger partial charge in [0.1, 0.15) is 0 Å². The average molecular weight is 219 g/mol. The second-order valence-electron chi connectivity index (χ2n) is 3.87. The molecule has 1 amide bonds. The topological polar surface area (TPSA) is 101 Å². The monoisotopic (exact) mass is 219 g/mol. The molecule has 2 aliphatic rings. The first-order valence-electron chi connectivity index (χ1n) is 4.49. The molecule has 0 aromatic carbocycles. The minimum atomic E-state index is -3.51. The lowest BCUT2D eigenvalue weighted by Crippen LogP contribution is -2.40. The van der Waals surface area contributed by atoms with Crippen molar-refractivity contribution in [3.8, 4) is 0 Å². The number of hydrogen-bond donors (Lipinski definition) is 3. The quantitative estimate of drug-likeness (QED) is 0.482. The third-order valence-electron chi connectivity index (χ3n) is 2.85. The van der Waals surface area contributed by atoms with Gasteiger partial charge in [-0.05, 0) is 0 Å². The highest BCUT2D eigenvalue weighted by molar-refractivity contribution is 7.89. The molecule has 2 heterocycles. The van der Waals surface area contributed by atoms with Crippen molar-refractivity contribution in [1.82, 2.24) is 10.6 Å². The standard InChI is InChI=1S/C7H13N3O3S/c8-14(12,13)3-6-4-1-9-2-5(4)7(11)10-6/h4-6,9H,1-3H2,(H,10,11)(H2,8,12,13)/t4-,5+,6+/m0/s1. The molecule has 7 heteroatoms. The van der Waals surface area contributed by atoms with Gasteiger partial charge in [-0.15, -0.1) is 0 Å². The Morgan fingerprint density at radius 2 is 2.14 bits per heavy atom. The van der Waals surface area contributed by atoms with E-state index in [1.807, 2.05) is 0 Å². The fraction of sp³-hybridized carbons (Fsp3) is 0.857. The molecule has 2 aliphatic heterocycles. The normalized spacial score (nSPS) is 36.9. The van der Waals surface area contributed by atoms with Gasteiger partial charge in [0.15, 0.2) is 0 Å². The molecule has 0 aliphatic carbocycles. The summed E-state index contributed by atoms with van der Waals surface area (Å²) in [5.41, 5.74) is 0. The molecule has 0 spiro atoms. The molecular formula is C7H13N3O3S. The maximum absolute atomic E-state index is 11.4. The summed E-state index contributed by atoms with van der Waals surface area (Å²) in [6.07, 6.45) is 0. The van der Waals surface area contributed by atoms with Crippen LogP contribution in [0.25, 0.3) is 0 Å². The summed E-state index contributed by atoms with van der Waals surface area (Å²) in [6, 6.07) is -0.322. The smallest absolute Gasteiger partial charge is 0.225 e. The van der Waals surface area contributed by atoms with Crippen LogP contribution in [0.4, 0.5) is 0 Å². The zero-order valence-electron chi connectivity index (χ0n) is 7.56. The third kappa shape index (κ3) is 1.75. The summed E-state index contributed by atoms with van der Waals surface area (Å²) >= 11 is 0. The number of rotatable bonds is 2. The lowest BCUT2D eigenvalue weighted by molar-refractivity contribution is -0.122. The summed E-state index contributed by atoms with van der Waals surface area (Å²) in [5.74, 6) is -0.238. The van der Waals surface area contributed by atoms with E-state index in [4.69, 9.17) is 5.14 Å². The van der Waals surface area contributed by atoms with E-state index in [0.29, 0.717) is 13.1 Å². The van der Waals surface area contributed by atoms with E-state index in [2.05, 4.69) is 10.6 Å².